The first-order valence-electron chi connectivity index (χ1n) is 12.4. The number of aliphatic carboxylic acids is 1. The number of nitrogens with one attached hydrogen (secondary N) is 2. The van der Waals surface area contributed by atoms with E-state index in [-0.39, 0.29) is 36.2 Å². The molecule has 0 spiro atoms. The van der Waals surface area contributed by atoms with Crippen molar-refractivity contribution in [2.75, 3.05) is 13.6 Å². The Hall–Kier alpha value is -3.61. The summed E-state index contributed by atoms with van der Waals surface area (Å²) in [6.07, 6.45) is 0.330. The lowest BCUT2D eigenvalue weighted by Gasteiger charge is -2.26. The molecule has 0 unspecified atom stereocenters. The molecule has 0 bridgehead atoms. The van der Waals surface area contributed by atoms with Crippen molar-refractivity contribution in [3.8, 4) is 0 Å². The molecule has 13 heteroatoms. The number of benzene rings is 1. The zero-order chi connectivity index (χ0) is 31.1. The van der Waals surface area contributed by atoms with Gasteiger partial charge in [0, 0.05) is 31.3 Å². The van der Waals surface area contributed by atoms with Crippen molar-refractivity contribution in [1.29, 1.82) is 0 Å². The molecule has 0 saturated carbocycles. The van der Waals surface area contributed by atoms with Crippen LogP contribution in [0.3, 0.4) is 0 Å². The average Bonchev–Trinajstić information content (AvgIpc) is 2.88. The lowest BCUT2D eigenvalue weighted by molar-refractivity contribution is -0.137. The van der Waals surface area contributed by atoms with Crippen LogP contribution in [0, 0.1) is 0 Å². The number of carbonyl (C=O) groups excluding carboxylic acids is 1. The highest BCUT2D eigenvalue weighted by atomic mass is 19.4. The molecule has 1 amide bonds. The van der Waals surface area contributed by atoms with Gasteiger partial charge in [0.15, 0.2) is 0 Å². The van der Waals surface area contributed by atoms with Crippen LogP contribution in [0.4, 0.5) is 26.4 Å². The summed E-state index contributed by atoms with van der Waals surface area (Å²) in [7, 11) is 1.04. The predicted molar refractivity (Wildman–Crippen MR) is 142 cm³/mol. The highest BCUT2D eigenvalue weighted by Gasteiger charge is 2.40. The highest BCUT2D eigenvalue weighted by Crippen LogP contribution is 2.30. The number of carboxylic acids is 1. The molecule has 1 aromatic carbocycles. The van der Waals surface area contributed by atoms with Gasteiger partial charge in [0.1, 0.15) is 5.70 Å². The molecule has 1 aromatic rings. The molecular formula is C27H36F6N4O3. The molecule has 40 heavy (non-hydrogen) atoms. The molecule has 0 saturated heterocycles. The summed E-state index contributed by atoms with van der Waals surface area (Å²) in [5, 5.41) is 15.9. The van der Waals surface area contributed by atoms with Gasteiger partial charge in [-0.05, 0) is 38.3 Å². The minimum atomic E-state index is -4.56. The van der Waals surface area contributed by atoms with Crippen molar-refractivity contribution in [1.82, 2.24) is 15.9 Å². The van der Waals surface area contributed by atoms with E-state index in [1.807, 2.05) is 13.8 Å². The lowest BCUT2D eigenvalue weighted by Crippen LogP contribution is -2.41. The van der Waals surface area contributed by atoms with Gasteiger partial charge in [0.05, 0.1) is 11.1 Å². The van der Waals surface area contributed by atoms with Gasteiger partial charge < -0.3 is 10.4 Å². The maximum absolute atomic E-state index is 14.4. The van der Waals surface area contributed by atoms with Crippen LogP contribution in [0.2, 0.25) is 0 Å². The quantitative estimate of drug-likeness (QED) is 0.0368. The van der Waals surface area contributed by atoms with E-state index in [0.29, 0.717) is 17.0 Å². The third-order valence-electron chi connectivity index (χ3n) is 5.04. The molecule has 0 radical (unpaired) electrons. The van der Waals surface area contributed by atoms with E-state index >= 15 is 0 Å². The molecule has 0 aromatic heterocycles. The van der Waals surface area contributed by atoms with E-state index in [1.165, 1.54) is 37.3 Å². The smallest absolute Gasteiger partial charge is 0.416 e. The molecular weight excluding hydrogens is 542 g/mol. The second-order valence-corrected chi connectivity index (χ2v) is 8.20. The number of rotatable bonds is 13. The summed E-state index contributed by atoms with van der Waals surface area (Å²) in [6.45, 7) is 8.15. The molecule has 0 aliphatic carbocycles. The largest absolute Gasteiger partial charge is 0.478 e. The van der Waals surface area contributed by atoms with Crippen LogP contribution in [0.15, 0.2) is 64.4 Å². The highest BCUT2D eigenvalue weighted by molar-refractivity contribution is 5.94. The Labute approximate surface area is 230 Å². The normalized spacial score (nSPS) is 13.4. The van der Waals surface area contributed by atoms with Crippen molar-refractivity contribution in [3.05, 3.63) is 70.5 Å². The van der Waals surface area contributed by atoms with Crippen LogP contribution < -0.4 is 10.9 Å². The first-order valence-corrected chi connectivity index (χ1v) is 12.4. The molecule has 224 valence electrons. The minimum absolute atomic E-state index is 0.0326. The van der Waals surface area contributed by atoms with Gasteiger partial charge in [0.2, 0.25) is 5.91 Å². The number of carboxylic acid groups (broad SMARTS) is 1. The summed E-state index contributed by atoms with van der Waals surface area (Å²) >= 11 is 0. The molecule has 0 aliphatic heterocycles. The monoisotopic (exact) mass is 578 g/mol. The Morgan fingerprint density at radius 2 is 1.75 bits per heavy atom. The molecule has 0 heterocycles. The van der Waals surface area contributed by atoms with Crippen LogP contribution in [0.25, 0.3) is 0 Å². The number of hydrazone groups is 1. The van der Waals surface area contributed by atoms with Crippen LogP contribution in [-0.2, 0) is 22.2 Å². The summed E-state index contributed by atoms with van der Waals surface area (Å²) in [4.78, 5) is 23.6. The maximum Gasteiger partial charge on any atom is 0.416 e. The number of carbonyl (C=O) groups is 2. The summed E-state index contributed by atoms with van der Waals surface area (Å²) in [5.41, 5.74) is -1.83. The third-order valence-corrected chi connectivity index (χ3v) is 5.04. The van der Waals surface area contributed by atoms with Gasteiger partial charge in [0.25, 0.3) is 0 Å². The fourth-order valence-electron chi connectivity index (χ4n) is 3.39. The number of halogens is 6. The predicted octanol–water partition coefficient (Wildman–Crippen LogP) is 6.41. The number of likely N-dealkylation sites (N-methyl/N-ethyl adjacent to an activating group) is 1. The molecule has 0 fully saturated rings. The van der Waals surface area contributed by atoms with Crippen molar-refractivity contribution in [2.24, 2.45) is 5.10 Å². The average molecular weight is 579 g/mol. The number of alkyl halides is 5. The van der Waals surface area contributed by atoms with E-state index in [0.717, 1.165) is 26.1 Å². The molecule has 1 rings (SSSR count). The second kappa shape index (κ2) is 17.2. The summed E-state index contributed by atoms with van der Waals surface area (Å²) in [6, 6.07) is 0.0812. The van der Waals surface area contributed by atoms with Crippen LogP contribution in [0.5, 0.6) is 0 Å². The molecule has 3 N–H and O–H groups in total. The first kappa shape index (κ1) is 36.4. The topological polar surface area (TPSA) is 94.0 Å². The number of nitrogens with zero attached hydrogens (tertiary/aromatic N) is 2. The Morgan fingerprint density at radius 1 is 1.12 bits per heavy atom. The van der Waals surface area contributed by atoms with E-state index in [4.69, 9.17) is 5.11 Å². The molecule has 0 aliphatic rings. The molecule has 0 atom stereocenters. The maximum atomic E-state index is 14.4. The Bertz CT molecular complexity index is 1110. The van der Waals surface area contributed by atoms with Gasteiger partial charge in [-0.25, -0.2) is 4.79 Å². The van der Waals surface area contributed by atoms with E-state index in [9.17, 15) is 36.0 Å². The Morgan fingerprint density at radius 3 is 2.27 bits per heavy atom. The fourth-order valence-corrected chi connectivity index (χ4v) is 3.39. The van der Waals surface area contributed by atoms with Crippen LogP contribution in [-0.4, -0.2) is 47.3 Å². The zero-order valence-electron chi connectivity index (χ0n) is 23.3. The van der Waals surface area contributed by atoms with E-state index in [2.05, 4.69) is 10.4 Å². The first-order chi connectivity index (χ1) is 18.6. The fraction of sp³-hybridized carbons (Fsp3) is 0.444. The van der Waals surface area contributed by atoms with Crippen LogP contribution in [0.1, 0.15) is 58.6 Å². The Balaban J connectivity index is 0.00000742. The lowest BCUT2D eigenvalue weighted by atomic mass is 10.1. The number of amides is 1. The van der Waals surface area contributed by atoms with Crippen molar-refractivity contribution in [3.63, 3.8) is 0 Å². The zero-order valence-corrected chi connectivity index (χ0v) is 23.3. The van der Waals surface area contributed by atoms with Gasteiger partial charge in [-0.1, -0.05) is 62.7 Å². The van der Waals surface area contributed by atoms with Crippen molar-refractivity contribution < 1.29 is 41.1 Å². The number of hydrogen-bond acceptors (Lipinski definition) is 5. The van der Waals surface area contributed by atoms with E-state index < -0.39 is 40.9 Å². The standard InChI is InChI=1S/C25H30F6N4O3.C2H6/c1-5-9-19(23(37)38)11-6-7-13-32-22(36)17(3)21(25(29,30)34-31)35(4)33-16(2)14-18-10-8-12-20(15-18)24(26,27)28;1-2/h6,8-12,15,34H,5,7,13-14H2,1-4H3,(H,32,36)(H,37,38);1-2H3/b11-6-,19-9+,21-17+,33-16+;. The number of allylic oxidation sites excluding steroid dienone is 1. The van der Waals surface area contributed by atoms with Crippen molar-refractivity contribution >= 4 is 17.6 Å². The SMILES string of the molecule is CC.CC/C=C(\C=C/CCNC(=O)/C(C)=C(/N(C)/N=C(\C)Cc1cccc(C(F)(F)F)c1)C(F)(F)NF)C(=O)O. The van der Waals surface area contributed by atoms with Gasteiger partial charge in [-0.2, -0.15) is 27.1 Å². The van der Waals surface area contributed by atoms with Gasteiger partial charge in [-0.15, -0.1) is 4.48 Å². The third kappa shape index (κ3) is 12.1. The summed E-state index contributed by atoms with van der Waals surface area (Å²) < 4.78 is 80.6. The minimum Gasteiger partial charge on any atom is -0.478 e. The summed E-state index contributed by atoms with van der Waals surface area (Å²) in [5.74, 6) is -2.08. The van der Waals surface area contributed by atoms with E-state index in [1.54, 1.807) is 6.92 Å². The van der Waals surface area contributed by atoms with Gasteiger partial charge >= 0.3 is 18.2 Å². The Kier molecular flexibility index (Phi) is 15.6. The van der Waals surface area contributed by atoms with Crippen molar-refractivity contribution in [2.45, 2.75) is 66.1 Å². The molecule has 7 nitrogen and oxygen atoms in total. The van der Waals surface area contributed by atoms with Gasteiger partial charge in [-0.3, -0.25) is 9.80 Å². The van der Waals surface area contributed by atoms with Crippen LogP contribution >= 0.6 is 0 Å². The second-order valence-electron chi connectivity index (χ2n) is 8.20. The number of hydrogen-bond donors (Lipinski definition) is 3.